The van der Waals surface area contributed by atoms with Crippen molar-refractivity contribution >= 4 is 27.9 Å². The lowest BCUT2D eigenvalue weighted by molar-refractivity contribution is -0.142. The summed E-state index contributed by atoms with van der Waals surface area (Å²) in [6.45, 7) is 3.40. The van der Waals surface area contributed by atoms with E-state index in [0.29, 0.717) is 5.57 Å². The van der Waals surface area contributed by atoms with Crippen molar-refractivity contribution in [1.29, 1.82) is 0 Å². The topological polar surface area (TPSA) is 74.6 Å². The molecule has 1 aliphatic rings. The first-order valence-electron chi connectivity index (χ1n) is 4.33. The van der Waals surface area contributed by atoms with Gasteiger partial charge in [0.05, 0.1) is 9.90 Å². The van der Waals surface area contributed by atoms with E-state index in [1.54, 1.807) is 19.9 Å². The number of carboxylic acids is 2. The van der Waals surface area contributed by atoms with E-state index in [-0.39, 0.29) is 5.57 Å². The van der Waals surface area contributed by atoms with Crippen LogP contribution in [0.25, 0.3) is 0 Å². The van der Waals surface area contributed by atoms with Crippen LogP contribution in [0.1, 0.15) is 13.8 Å². The van der Waals surface area contributed by atoms with Gasteiger partial charge < -0.3 is 10.2 Å². The number of carboxylic acid groups (broad SMARTS) is 2. The van der Waals surface area contributed by atoms with Crippen molar-refractivity contribution in [3.05, 3.63) is 23.3 Å². The third-order valence-corrected chi connectivity index (χ3v) is 3.41. The molecule has 2 N–H and O–H groups in total. The van der Waals surface area contributed by atoms with Gasteiger partial charge in [-0.15, -0.1) is 0 Å². The Kier molecular flexibility index (Phi) is 3.04. The van der Waals surface area contributed by atoms with Crippen LogP contribution in [0, 0.1) is 5.92 Å². The van der Waals surface area contributed by atoms with Crippen LogP contribution in [0.2, 0.25) is 0 Å². The highest BCUT2D eigenvalue weighted by Crippen LogP contribution is 2.37. The predicted molar refractivity (Wildman–Crippen MR) is 57.9 cm³/mol. The highest BCUT2D eigenvalue weighted by atomic mass is 79.9. The summed E-state index contributed by atoms with van der Waals surface area (Å²) < 4.78 is -0.577. The maximum atomic E-state index is 11.0. The van der Waals surface area contributed by atoms with E-state index in [0.717, 1.165) is 0 Å². The van der Waals surface area contributed by atoms with Crippen LogP contribution in [-0.2, 0) is 9.59 Å². The van der Waals surface area contributed by atoms with Crippen molar-refractivity contribution in [2.45, 2.75) is 18.2 Å². The molecule has 0 radical (unpaired) electrons. The van der Waals surface area contributed by atoms with Crippen LogP contribution in [0.5, 0.6) is 0 Å². The van der Waals surface area contributed by atoms with Gasteiger partial charge in [-0.25, -0.2) is 4.79 Å². The molecule has 82 valence electrons. The molecule has 1 rings (SSSR count). The SMILES string of the molecule is CC1=C(C(=O)O)C(C(=O)O)C=CC1(C)Br. The third kappa shape index (κ3) is 2.12. The molecule has 2 unspecified atom stereocenters. The average molecular weight is 275 g/mol. The lowest BCUT2D eigenvalue weighted by atomic mass is 9.83. The largest absolute Gasteiger partial charge is 0.481 e. The van der Waals surface area contributed by atoms with E-state index in [1.165, 1.54) is 6.08 Å². The lowest BCUT2D eigenvalue weighted by Crippen LogP contribution is -2.30. The molecule has 0 heterocycles. The van der Waals surface area contributed by atoms with Crippen LogP contribution < -0.4 is 0 Å². The first-order chi connectivity index (χ1) is 6.77. The second-order valence-corrected chi connectivity index (χ2v) is 5.24. The van der Waals surface area contributed by atoms with Crippen LogP contribution >= 0.6 is 15.9 Å². The minimum Gasteiger partial charge on any atom is -0.481 e. The van der Waals surface area contributed by atoms with Gasteiger partial charge in [0, 0.05) is 0 Å². The number of alkyl halides is 1. The second kappa shape index (κ2) is 3.81. The highest BCUT2D eigenvalue weighted by Gasteiger charge is 2.36. The molecule has 1 aliphatic carbocycles. The Morgan fingerprint density at radius 1 is 1.47 bits per heavy atom. The molecule has 0 aromatic rings. The van der Waals surface area contributed by atoms with E-state index in [2.05, 4.69) is 15.9 Å². The zero-order valence-electron chi connectivity index (χ0n) is 8.32. The van der Waals surface area contributed by atoms with Crippen LogP contribution in [0.15, 0.2) is 23.3 Å². The summed E-state index contributed by atoms with van der Waals surface area (Å²) in [4.78, 5) is 21.9. The number of halogens is 1. The van der Waals surface area contributed by atoms with Crippen molar-refractivity contribution in [3.8, 4) is 0 Å². The van der Waals surface area contributed by atoms with Crippen molar-refractivity contribution in [3.63, 3.8) is 0 Å². The highest BCUT2D eigenvalue weighted by molar-refractivity contribution is 9.10. The van der Waals surface area contributed by atoms with Gasteiger partial charge in [0.2, 0.25) is 0 Å². The molecule has 0 saturated carbocycles. The maximum Gasteiger partial charge on any atom is 0.332 e. The van der Waals surface area contributed by atoms with Crippen LogP contribution in [0.4, 0.5) is 0 Å². The number of rotatable bonds is 2. The summed E-state index contributed by atoms with van der Waals surface area (Å²) in [7, 11) is 0. The van der Waals surface area contributed by atoms with Gasteiger partial charge >= 0.3 is 11.9 Å². The van der Waals surface area contributed by atoms with E-state index in [1.807, 2.05) is 0 Å². The average Bonchev–Trinajstić information content (AvgIpc) is 2.08. The van der Waals surface area contributed by atoms with Gasteiger partial charge in [0.1, 0.15) is 5.92 Å². The zero-order valence-corrected chi connectivity index (χ0v) is 9.91. The fourth-order valence-electron chi connectivity index (χ4n) is 1.49. The Balaban J connectivity index is 3.30. The van der Waals surface area contributed by atoms with Crippen molar-refractivity contribution < 1.29 is 19.8 Å². The number of aliphatic carboxylic acids is 2. The van der Waals surface area contributed by atoms with Gasteiger partial charge in [-0.2, -0.15) is 0 Å². The smallest absolute Gasteiger partial charge is 0.332 e. The molecular formula is C10H11BrO4. The summed E-state index contributed by atoms with van der Waals surface area (Å²) in [5.74, 6) is -3.39. The van der Waals surface area contributed by atoms with E-state index >= 15 is 0 Å². The monoisotopic (exact) mass is 274 g/mol. The molecule has 2 atom stereocenters. The van der Waals surface area contributed by atoms with Crippen LogP contribution in [-0.4, -0.2) is 26.5 Å². The standard InChI is InChI=1S/C10H11BrO4/c1-5-7(9(14)15)6(8(12)13)3-4-10(5,2)11/h3-4,6H,1-2H3,(H,12,13)(H,14,15). The summed E-state index contributed by atoms with van der Waals surface area (Å²) in [5, 5.41) is 17.9. The minimum atomic E-state index is -1.19. The summed E-state index contributed by atoms with van der Waals surface area (Å²) in [6.07, 6.45) is 3.06. The summed E-state index contributed by atoms with van der Waals surface area (Å²) >= 11 is 3.34. The molecule has 0 aliphatic heterocycles. The van der Waals surface area contributed by atoms with Gasteiger partial charge in [-0.1, -0.05) is 28.1 Å². The molecular weight excluding hydrogens is 264 g/mol. The minimum absolute atomic E-state index is 0.0654. The molecule has 0 bridgehead atoms. The number of carbonyl (C=O) groups is 2. The quantitative estimate of drug-likeness (QED) is 0.595. The fourth-order valence-corrected chi connectivity index (χ4v) is 1.86. The van der Waals surface area contributed by atoms with E-state index in [9.17, 15) is 9.59 Å². The van der Waals surface area contributed by atoms with Gasteiger partial charge in [0.15, 0.2) is 0 Å². The van der Waals surface area contributed by atoms with Crippen molar-refractivity contribution in [2.75, 3.05) is 0 Å². The fraction of sp³-hybridized carbons (Fsp3) is 0.400. The molecule has 5 heteroatoms. The Labute approximate surface area is 95.4 Å². The molecule has 4 nitrogen and oxygen atoms in total. The van der Waals surface area contributed by atoms with Gasteiger partial charge in [-0.05, 0) is 19.4 Å². The maximum absolute atomic E-state index is 11.0. The predicted octanol–water partition coefficient (Wildman–Crippen LogP) is 1.81. The van der Waals surface area contributed by atoms with E-state index < -0.39 is 22.2 Å². The third-order valence-electron chi connectivity index (χ3n) is 2.55. The van der Waals surface area contributed by atoms with Crippen LogP contribution in [0.3, 0.4) is 0 Å². The Morgan fingerprint density at radius 3 is 2.40 bits per heavy atom. The number of hydrogen-bond acceptors (Lipinski definition) is 2. The normalized spacial score (nSPS) is 30.5. The first-order valence-corrected chi connectivity index (χ1v) is 5.12. The van der Waals surface area contributed by atoms with Crippen molar-refractivity contribution in [2.24, 2.45) is 5.92 Å². The van der Waals surface area contributed by atoms with E-state index in [4.69, 9.17) is 10.2 Å². The summed E-state index contributed by atoms with van der Waals surface area (Å²) in [5.41, 5.74) is 0.453. The van der Waals surface area contributed by atoms with Gasteiger partial charge in [-0.3, -0.25) is 4.79 Å². The zero-order chi connectivity index (χ0) is 11.8. The van der Waals surface area contributed by atoms with Gasteiger partial charge in [0.25, 0.3) is 0 Å². The first kappa shape index (κ1) is 12.0. The molecule has 0 aromatic carbocycles. The number of allylic oxidation sites excluding steroid dienone is 2. The lowest BCUT2D eigenvalue weighted by Gasteiger charge is -2.28. The molecule has 0 amide bonds. The van der Waals surface area contributed by atoms with Crippen molar-refractivity contribution in [1.82, 2.24) is 0 Å². The molecule has 0 aromatic heterocycles. The molecule has 0 fully saturated rings. The molecule has 0 saturated heterocycles. The Hall–Kier alpha value is -1.10. The Morgan fingerprint density at radius 2 is 2.00 bits per heavy atom. The Bertz CT molecular complexity index is 379. The summed E-state index contributed by atoms with van der Waals surface area (Å²) in [6, 6.07) is 0. The molecule has 15 heavy (non-hydrogen) atoms. The molecule has 0 spiro atoms. The number of hydrogen-bond donors (Lipinski definition) is 2. The second-order valence-electron chi connectivity index (χ2n) is 3.59.